The third-order valence-corrected chi connectivity index (χ3v) is 7.17. The van der Waals surface area contributed by atoms with Gasteiger partial charge in [-0.05, 0) is 13.0 Å². The minimum absolute atomic E-state index is 0.140. The lowest BCUT2D eigenvalue weighted by Crippen LogP contribution is -2.21. The molecule has 0 radical (unpaired) electrons. The molecule has 2 aliphatic rings. The van der Waals surface area contributed by atoms with E-state index in [2.05, 4.69) is 16.0 Å². The summed E-state index contributed by atoms with van der Waals surface area (Å²) < 4.78 is 1.27. The molecular weight excluding hydrogens is 258 g/mol. The van der Waals surface area contributed by atoms with Gasteiger partial charge in [-0.25, -0.2) is 0 Å². The van der Waals surface area contributed by atoms with E-state index < -0.39 is 0 Å². The first-order valence-electron chi connectivity index (χ1n) is 6.65. The molecule has 2 aromatic rings. The van der Waals surface area contributed by atoms with Crippen molar-refractivity contribution in [3.05, 3.63) is 29.4 Å². The highest BCUT2D eigenvalue weighted by atomic mass is 32.2. The normalized spacial score (nSPS) is 30.1. The van der Waals surface area contributed by atoms with Crippen molar-refractivity contribution in [2.24, 2.45) is 11.7 Å². The maximum Gasteiger partial charge on any atom is 0.301 e. The summed E-state index contributed by atoms with van der Waals surface area (Å²) in [6, 6.07) is 4.02. The number of rotatable bonds is 2. The van der Waals surface area contributed by atoms with Crippen LogP contribution in [0.15, 0.2) is 24.5 Å². The van der Waals surface area contributed by atoms with E-state index in [9.17, 15) is 4.79 Å². The van der Waals surface area contributed by atoms with Crippen molar-refractivity contribution in [3.63, 3.8) is 0 Å². The van der Waals surface area contributed by atoms with E-state index in [1.807, 2.05) is 18.5 Å². The molecule has 5 heteroatoms. The Morgan fingerprint density at radius 3 is 3.05 bits per heavy atom. The third kappa shape index (κ3) is 1.61. The number of nitrogens with two attached hydrogens (primary N) is 1. The van der Waals surface area contributed by atoms with E-state index in [0.29, 0.717) is 5.25 Å². The molecule has 2 fully saturated rings. The van der Waals surface area contributed by atoms with Crippen LogP contribution < -0.4 is 5.73 Å². The number of aromatic nitrogens is 1. The molecule has 0 aromatic carbocycles. The fraction of sp³-hybridized carbons (Fsp3) is 0.429. The molecule has 4 nitrogen and oxygen atoms in total. The number of primary amides is 1. The highest BCUT2D eigenvalue weighted by Gasteiger charge is 2.47. The van der Waals surface area contributed by atoms with E-state index in [1.165, 1.54) is 24.2 Å². The molecule has 4 unspecified atom stereocenters. The van der Waals surface area contributed by atoms with Crippen molar-refractivity contribution < 1.29 is 4.79 Å². The molecule has 1 amide bonds. The Bertz CT molecular complexity index is 666. The lowest BCUT2D eigenvalue weighted by atomic mass is 10.1. The van der Waals surface area contributed by atoms with Crippen molar-refractivity contribution >= 4 is 26.5 Å². The van der Waals surface area contributed by atoms with Crippen LogP contribution in [0.25, 0.3) is 10.1 Å². The SMILES string of the molecule is NC(=O)c1cc2cnccc2[s+]1C1CN2CCC1C2. The van der Waals surface area contributed by atoms with E-state index in [4.69, 9.17) is 5.73 Å². The highest BCUT2D eigenvalue weighted by Crippen LogP contribution is 2.52. The average molecular weight is 274 g/mol. The van der Waals surface area contributed by atoms with Gasteiger partial charge >= 0.3 is 5.91 Å². The van der Waals surface area contributed by atoms with Gasteiger partial charge in [-0.3, -0.25) is 14.7 Å². The standard InChI is InChI=1S/C14H15N3OS/c15-14(18)12-5-10-6-16-3-1-11(10)19(12)13-8-17-4-2-9(13)7-17/h1,3,5-6,9,13H,2,4,7-8H2,(H-,15,18)/p+1. The smallest absolute Gasteiger partial charge is 0.301 e. The van der Waals surface area contributed by atoms with Crippen molar-refractivity contribution in [2.75, 3.05) is 19.6 Å². The summed E-state index contributed by atoms with van der Waals surface area (Å²) in [4.78, 5) is 19.2. The topological polar surface area (TPSA) is 59.2 Å². The van der Waals surface area contributed by atoms with E-state index in [0.717, 1.165) is 22.7 Å². The average Bonchev–Trinajstić information content (AvgIpc) is 3.10. The second-order valence-corrected chi connectivity index (χ2v) is 7.63. The van der Waals surface area contributed by atoms with Crippen molar-refractivity contribution in [1.29, 1.82) is 0 Å². The predicted octanol–water partition coefficient (Wildman–Crippen LogP) is 1.96. The second kappa shape index (κ2) is 4.02. The Morgan fingerprint density at radius 2 is 2.37 bits per heavy atom. The van der Waals surface area contributed by atoms with Gasteiger partial charge in [0, 0.05) is 47.5 Å². The molecule has 0 aliphatic carbocycles. The first-order chi connectivity index (χ1) is 9.24. The minimum Gasteiger partial charge on any atom is -0.361 e. The van der Waals surface area contributed by atoms with Gasteiger partial charge in [0.2, 0.25) is 4.88 Å². The summed E-state index contributed by atoms with van der Waals surface area (Å²) in [7, 11) is -0.140. The van der Waals surface area contributed by atoms with Crippen LogP contribution in [0.5, 0.6) is 0 Å². The van der Waals surface area contributed by atoms with Crippen LogP contribution in [-0.2, 0) is 0 Å². The summed E-state index contributed by atoms with van der Waals surface area (Å²) in [5, 5.41) is 1.65. The molecule has 2 aliphatic heterocycles. The minimum atomic E-state index is -0.266. The number of fused-ring (bicyclic) bond motifs is 3. The van der Waals surface area contributed by atoms with Crippen molar-refractivity contribution in [3.8, 4) is 0 Å². The molecule has 0 saturated carbocycles. The van der Waals surface area contributed by atoms with Gasteiger partial charge in [0.15, 0.2) is 9.95 Å². The first-order valence-corrected chi connectivity index (χ1v) is 7.94. The lowest BCUT2D eigenvalue weighted by Gasteiger charge is -2.16. The second-order valence-electron chi connectivity index (χ2n) is 5.47. The van der Waals surface area contributed by atoms with Crippen LogP contribution in [0.4, 0.5) is 0 Å². The van der Waals surface area contributed by atoms with Crippen LogP contribution >= 0.6 is 10.5 Å². The molecule has 2 N–H and O–H groups in total. The van der Waals surface area contributed by atoms with Crippen LogP contribution in [-0.4, -0.2) is 35.4 Å². The summed E-state index contributed by atoms with van der Waals surface area (Å²) in [6.45, 7) is 3.53. The first kappa shape index (κ1) is 11.4. The lowest BCUT2D eigenvalue weighted by molar-refractivity contribution is 0.100. The fourth-order valence-corrected chi connectivity index (χ4v) is 6.43. The van der Waals surface area contributed by atoms with Crippen LogP contribution in [0.2, 0.25) is 0 Å². The van der Waals surface area contributed by atoms with Gasteiger partial charge in [0.1, 0.15) is 0 Å². The predicted molar refractivity (Wildman–Crippen MR) is 76.3 cm³/mol. The monoisotopic (exact) mass is 274 g/mol. The summed E-state index contributed by atoms with van der Waals surface area (Å²) in [5.74, 6) is 0.461. The molecule has 4 rings (SSSR count). The van der Waals surface area contributed by atoms with E-state index >= 15 is 0 Å². The number of hydrogen-bond acceptors (Lipinski definition) is 3. The molecule has 2 saturated heterocycles. The van der Waals surface area contributed by atoms with Gasteiger partial charge < -0.3 is 5.73 Å². The maximum atomic E-state index is 11.8. The van der Waals surface area contributed by atoms with Crippen molar-refractivity contribution in [2.45, 2.75) is 11.7 Å². The van der Waals surface area contributed by atoms with E-state index in [-0.39, 0.29) is 16.4 Å². The quantitative estimate of drug-likeness (QED) is 0.852. The number of hydrogen-bond donors (Lipinski definition) is 1. The Labute approximate surface area is 114 Å². The van der Waals surface area contributed by atoms with Gasteiger partial charge in [0.25, 0.3) is 0 Å². The third-order valence-electron chi connectivity index (χ3n) is 4.39. The summed E-state index contributed by atoms with van der Waals surface area (Å²) in [6.07, 6.45) is 4.93. The number of amides is 1. The maximum absolute atomic E-state index is 11.8. The number of piperidine rings is 1. The zero-order chi connectivity index (χ0) is 13.0. The number of thiophene rings is 1. The molecule has 0 spiro atoms. The van der Waals surface area contributed by atoms with Gasteiger partial charge in [-0.2, -0.15) is 0 Å². The van der Waals surface area contributed by atoms with Crippen molar-refractivity contribution in [1.82, 2.24) is 9.88 Å². The zero-order valence-corrected chi connectivity index (χ0v) is 11.4. The number of nitrogens with zero attached hydrogens (tertiary/aromatic N) is 2. The molecular formula is C14H16N3OS+. The molecule has 98 valence electrons. The zero-order valence-electron chi connectivity index (χ0n) is 10.6. The molecule has 2 bridgehead atoms. The molecule has 4 atom stereocenters. The van der Waals surface area contributed by atoms with E-state index in [1.54, 1.807) is 0 Å². The van der Waals surface area contributed by atoms with Crippen LogP contribution in [0, 0.1) is 5.92 Å². The summed E-state index contributed by atoms with van der Waals surface area (Å²) >= 11 is 0. The van der Waals surface area contributed by atoms with Crippen LogP contribution in [0.1, 0.15) is 21.3 Å². The van der Waals surface area contributed by atoms with Gasteiger partial charge in [0.05, 0.1) is 11.9 Å². The largest absolute Gasteiger partial charge is 0.361 e. The Hall–Kier alpha value is -1.46. The Balaban J connectivity index is 1.91. The number of pyridine rings is 1. The Morgan fingerprint density at radius 1 is 1.47 bits per heavy atom. The van der Waals surface area contributed by atoms with Crippen LogP contribution in [0.3, 0.4) is 0 Å². The highest BCUT2D eigenvalue weighted by molar-refractivity contribution is 7.39. The summed E-state index contributed by atoms with van der Waals surface area (Å²) in [5.41, 5.74) is 5.60. The molecule has 2 aromatic heterocycles. The fourth-order valence-electron chi connectivity index (χ4n) is 3.53. The number of carbonyl (C=O) groups is 1. The molecule has 19 heavy (non-hydrogen) atoms. The Kier molecular flexibility index (Phi) is 2.40. The molecule has 4 heterocycles. The van der Waals surface area contributed by atoms with Gasteiger partial charge in [-0.1, -0.05) is 0 Å². The van der Waals surface area contributed by atoms with Gasteiger partial charge in [-0.15, -0.1) is 0 Å². The number of carbonyl (C=O) groups excluding carboxylic acids is 1.